The van der Waals surface area contributed by atoms with Crippen LogP contribution in [-0.2, 0) is 14.4 Å². The average Bonchev–Trinajstić information content (AvgIpc) is 2.54. The molecular formula is C12H17F3N2O4. The molecule has 1 aliphatic rings. The summed E-state index contributed by atoms with van der Waals surface area (Å²) < 4.78 is 36.7. The number of carbonyl (C=O) groups is 3. The number of nitrogens with zero attached hydrogens (tertiary/aromatic N) is 1. The van der Waals surface area contributed by atoms with Crippen molar-refractivity contribution in [3.05, 3.63) is 0 Å². The molecular weight excluding hydrogens is 293 g/mol. The summed E-state index contributed by atoms with van der Waals surface area (Å²) in [5.41, 5.74) is -1.28. The van der Waals surface area contributed by atoms with Gasteiger partial charge in [0.05, 0.1) is 11.5 Å². The Kier molecular flexibility index (Phi) is 4.85. The van der Waals surface area contributed by atoms with Crippen LogP contribution in [0.1, 0.15) is 26.7 Å². The standard InChI is InChI=1S/C12H17F3N2O4/c1-11(2,10(20)21)4-8(18)16-7-3-9(19)17(5-7)6-12(13,14)15/h7H,3-6H2,1-2H3,(H,16,18)(H,20,21)/t7-/m0/s1. The van der Waals surface area contributed by atoms with Crippen LogP contribution in [0.5, 0.6) is 0 Å². The number of carboxylic acids is 1. The molecule has 0 aliphatic carbocycles. The smallest absolute Gasteiger partial charge is 0.406 e. The van der Waals surface area contributed by atoms with Crippen molar-refractivity contribution in [1.29, 1.82) is 0 Å². The predicted octanol–water partition coefficient (Wildman–Crippen LogP) is 0.767. The van der Waals surface area contributed by atoms with Gasteiger partial charge in [0.15, 0.2) is 0 Å². The summed E-state index contributed by atoms with van der Waals surface area (Å²) in [6, 6.07) is -0.725. The van der Waals surface area contributed by atoms with Crippen molar-refractivity contribution in [3.63, 3.8) is 0 Å². The third-order valence-corrected chi connectivity index (χ3v) is 3.13. The number of nitrogens with one attached hydrogen (secondary N) is 1. The van der Waals surface area contributed by atoms with E-state index in [1.165, 1.54) is 13.8 Å². The minimum atomic E-state index is -4.49. The number of aliphatic carboxylic acids is 1. The fourth-order valence-electron chi connectivity index (χ4n) is 1.99. The molecule has 1 atom stereocenters. The number of hydrogen-bond donors (Lipinski definition) is 2. The number of rotatable bonds is 5. The zero-order chi connectivity index (χ0) is 16.4. The van der Waals surface area contributed by atoms with Crippen LogP contribution in [0.3, 0.4) is 0 Å². The highest BCUT2D eigenvalue weighted by Gasteiger charge is 2.39. The second kappa shape index (κ2) is 5.90. The molecule has 0 radical (unpaired) electrons. The van der Waals surface area contributed by atoms with Gasteiger partial charge in [0.25, 0.3) is 0 Å². The van der Waals surface area contributed by atoms with Crippen molar-refractivity contribution in [2.75, 3.05) is 13.1 Å². The Morgan fingerprint density at radius 3 is 2.43 bits per heavy atom. The number of likely N-dealkylation sites (tertiary alicyclic amines) is 1. The Labute approximate surface area is 119 Å². The first-order valence-corrected chi connectivity index (χ1v) is 6.28. The number of alkyl halides is 3. The molecule has 9 heteroatoms. The van der Waals surface area contributed by atoms with Crippen LogP contribution in [0.4, 0.5) is 13.2 Å². The fraction of sp³-hybridized carbons (Fsp3) is 0.750. The maximum atomic E-state index is 12.2. The molecule has 0 unspecified atom stereocenters. The van der Waals surface area contributed by atoms with Gasteiger partial charge in [-0.25, -0.2) is 0 Å². The maximum absolute atomic E-state index is 12.2. The van der Waals surface area contributed by atoms with Crippen LogP contribution < -0.4 is 5.32 Å². The second-order valence-corrected chi connectivity index (χ2v) is 5.72. The zero-order valence-electron chi connectivity index (χ0n) is 11.7. The lowest BCUT2D eigenvalue weighted by molar-refractivity contribution is -0.157. The Morgan fingerprint density at radius 1 is 1.38 bits per heavy atom. The van der Waals surface area contributed by atoms with Crippen molar-refractivity contribution < 1.29 is 32.7 Å². The van der Waals surface area contributed by atoms with E-state index in [2.05, 4.69) is 5.32 Å². The Bertz CT molecular complexity index is 448. The van der Waals surface area contributed by atoms with E-state index in [1.54, 1.807) is 0 Å². The Morgan fingerprint density at radius 2 is 1.95 bits per heavy atom. The van der Waals surface area contributed by atoms with E-state index in [-0.39, 0.29) is 19.4 Å². The van der Waals surface area contributed by atoms with E-state index >= 15 is 0 Å². The number of hydrogen-bond acceptors (Lipinski definition) is 3. The molecule has 0 saturated carbocycles. The van der Waals surface area contributed by atoms with Crippen molar-refractivity contribution in [1.82, 2.24) is 10.2 Å². The number of carbonyl (C=O) groups excluding carboxylic acids is 2. The van der Waals surface area contributed by atoms with E-state index in [4.69, 9.17) is 5.11 Å². The summed E-state index contributed by atoms with van der Waals surface area (Å²) in [5, 5.41) is 11.3. The Hall–Kier alpha value is -1.80. The molecule has 1 aliphatic heterocycles. The SMILES string of the molecule is CC(C)(CC(=O)N[C@H]1CC(=O)N(CC(F)(F)F)C1)C(=O)O. The Balaban J connectivity index is 2.52. The van der Waals surface area contributed by atoms with Crippen LogP contribution >= 0.6 is 0 Å². The van der Waals surface area contributed by atoms with Crippen LogP contribution in [0.2, 0.25) is 0 Å². The first kappa shape index (κ1) is 17.3. The first-order valence-electron chi connectivity index (χ1n) is 6.28. The van der Waals surface area contributed by atoms with E-state index in [0.717, 1.165) is 0 Å². The van der Waals surface area contributed by atoms with Gasteiger partial charge in [0.1, 0.15) is 6.54 Å². The van der Waals surface area contributed by atoms with Gasteiger partial charge in [-0.15, -0.1) is 0 Å². The first-order chi connectivity index (χ1) is 9.40. The van der Waals surface area contributed by atoms with E-state index in [1.807, 2.05) is 0 Å². The summed E-state index contributed by atoms with van der Waals surface area (Å²) in [7, 11) is 0. The molecule has 0 spiro atoms. The van der Waals surface area contributed by atoms with Crippen LogP contribution in [-0.4, -0.2) is 53.1 Å². The second-order valence-electron chi connectivity index (χ2n) is 5.72. The lowest BCUT2D eigenvalue weighted by atomic mass is 9.89. The summed E-state index contributed by atoms with van der Waals surface area (Å²) in [4.78, 5) is 34.6. The molecule has 120 valence electrons. The van der Waals surface area contributed by atoms with Gasteiger partial charge in [-0.3, -0.25) is 14.4 Å². The fourth-order valence-corrected chi connectivity index (χ4v) is 1.99. The van der Waals surface area contributed by atoms with E-state index in [9.17, 15) is 27.6 Å². The van der Waals surface area contributed by atoms with Crippen LogP contribution in [0.15, 0.2) is 0 Å². The summed E-state index contributed by atoms with van der Waals surface area (Å²) in [6.45, 7) is 1.16. The van der Waals surface area contributed by atoms with Gasteiger partial charge < -0.3 is 15.3 Å². The van der Waals surface area contributed by atoms with Crippen molar-refractivity contribution in [2.45, 2.75) is 38.9 Å². The number of amides is 2. The summed E-state index contributed by atoms with van der Waals surface area (Å²) >= 11 is 0. The van der Waals surface area contributed by atoms with E-state index in [0.29, 0.717) is 4.90 Å². The normalized spacial score (nSPS) is 19.8. The largest absolute Gasteiger partial charge is 0.481 e. The molecule has 21 heavy (non-hydrogen) atoms. The quantitative estimate of drug-likeness (QED) is 0.785. The van der Waals surface area contributed by atoms with Gasteiger partial charge in [-0.05, 0) is 13.8 Å². The highest BCUT2D eigenvalue weighted by molar-refractivity contribution is 5.86. The van der Waals surface area contributed by atoms with Gasteiger partial charge >= 0.3 is 12.1 Å². The molecule has 6 nitrogen and oxygen atoms in total. The zero-order valence-corrected chi connectivity index (χ0v) is 11.7. The molecule has 0 aromatic rings. The minimum absolute atomic E-state index is 0.213. The van der Waals surface area contributed by atoms with Gasteiger partial charge in [0.2, 0.25) is 11.8 Å². The molecule has 0 aromatic heterocycles. The highest BCUT2D eigenvalue weighted by atomic mass is 19.4. The summed E-state index contributed by atoms with van der Waals surface area (Å²) in [6.07, 6.45) is -5.01. The number of carboxylic acid groups (broad SMARTS) is 1. The molecule has 0 aromatic carbocycles. The minimum Gasteiger partial charge on any atom is -0.481 e. The lowest BCUT2D eigenvalue weighted by Gasteiger charge is -2.21. The van der Waals surface area contributed by atoms with Gasteiger partial charge in [-0.2, -0.15) is 13.2 Å². The van der Waals surface area contributed by atoms with Crippen molar-refractivity contribution >= 4 is 17.8 Å². The van der Waals surface area contributed by atoms with Gasteiger partial charge in [0, 0.05) is 19.4 Å². The highest BCUT2D eigenvalue weighted by Crippen LogP contribution is 2.22. The maximum Gasteiger partial charge on any atom is 0.406 e. The third-order valence-electron chi connectivity index (χ3n) is 3.13. The average molecular weight is 310 g/mol. The van der Waals surface area contributed by atoms with Crippen LogP contribution in [0, 0.1) is 5.41 Å². The summed E-state index contributed by atoms with van der Waals surface area (Å²) in [5.74, 6) is -2.44. The topological polar surface area (TPSA) is 86.7 Å². The molecule has 1 saturated heterocycles. The van der Waals surface area contributed by atoms with Gasteiger partial charge in [-0.1, -0.05) is 0 Å². The molecule has 1 rings (SSSR count). The van der Waals surface area contributed by atoms with Crippen molar-refractivity contribution in [3.8, 4) is 0 Å². The monoisotopic (exact) mass is 310 g/mol. The predicted molar refractivity (Wildman–Crippen MR) is 65.2 cm³/mol. The number of halogens is 3. The molecule has 1 heterocycles. The van der Waals surface area contributed by atoms with Crippen LogP contribution in [0.25, 0.3) is 0 Å². The third kappa shape index (κ3) is 5.24. The lowest BCUT2D eigenvalue weighted by Crippen LogP contribution is -2.41. The van der Waals surface area contributed by atoms with Crippen molar-refractivity contribution in [2.24, 2.45) is 5.41 Å². The molecule has 0 bridgehead atoms. The molecule has 2 amide bonds. The molecule has 2 N–H and O–H groups in total. The molecule has 1 fully saturated rings. The van der Waals surface area contributed by atoms with E-state index < -0.39 is 42.0 Å².